The van der Waals surface area contributed by atoms with Crippen LogP contribution in [0.3, 0.4) is 0 Å². The molecule has 3 aromatic rings. The summed E-state index contributed by atoms with van der Waals surface area (Å²) in [6.45, 7) is 2.62. The zero-order valence-corrected chi connectivity index (χ0v) is 18.1. The van der Waals surface area contributed by atoms with E-state index in [1.165, 1.54) is 6.07 Å². The van der Waals surface area contributed by atoms with E-state index in [0.29, 0.717) is 19.5 Å². The number of likely N-dealkylation sites (tertiary alicyclic amines) is 1. The van der Waals surface area contributed by atoms with Crippen LogP contribution in [-0.4, -0.2) is 37.6 Å². The average molecular weight is 431 g/mol. The van der Waals surface area contributed by atoms with E-state index >= 15 is 0 Å². The lowest BCUT2D eigenvalue weighted by atomic mass is 9.73. The summed E-state index contributed by atoms with van der Waals surface area (Å²) in [5, 5.41) is 7.33. The first-order valence-electron chi connectivity index (χ1n) is 10.8. The van der Waals surface area contributed by atoms with E-state index in [0.717, 1.165) is 22.5 Å². The number of aryl methyl sites for hydroxylation is 2. The Kier molecular flexibility index (Phi) is 4.73. The standard InChI is InChI=1S/C24H25N5O3/c1-16-6-5-9-20(30)28(16)12-10-21(31)29-13-11-24(22(29)17-14-25-27(2)15-17)18-7-3-4-8-19(18)26-23(24)32/h3-9,14-15,22H,10-13H2,1-2H3,(H,26,32)/t22-,24+/m0/s1. The maximum atomic E-state index is 13.4. The number of para-hydroxylation sites is 1. The van der Waals surface area contributed by atoms with E-state index in [9.17, 15) is 14.4 Å². The Hall–Kier alpha value is -3.68. The minimum absolute atomic E-state index is 0.0805. The van der Waals surface area contributed by atoms with Gasteiger partial charge < -0.3 is 14.8 Å². The maximum absolute atomic E-state index is 13.4. The molecule has 2 atom stereocenters. The monoisotopic (exact) mass is 431 g/mol. The number of benzene rings is 1. The van der Waals surface area contributed by atoms with Gasteiger partial charge in [-0.15, -0.1) is 0 Å². The molecule has 8 nitrogen and oxygen atoms in total. The normalized spacial score (nSPS) is 21.8. The second-order valence-electron chi connectivity index (χ2n) is 8.57. The number of hydrogen-bond donors (Lipinski definition) is 1. The van der Waals surface area contributed by atoms with Crippen LogP contribution in [0.25, 0.3) is 0 Å². The molecule has 2 aliphatic heterocycles. The van der Waals surface area contributed by atoms with Crippen molar-refractivity contribution >= 4 is 17.5 Å². The second-order valence-corrected chi connectivity index (χ2v) is 8.57. The molecule has 0 aliphatic carbocycles. The van der Waals surface area contributed by atoms with Crippen molar-refractivity contribution < 1.29 is 9.59 Å². The van der Waals surface area contributed by atoms with Gasteiger partial charge in [0.1, 0.15) is 5.41 Å². The zero-order chi connectivity index (χ0) is 22.5. The quantitative estimate of drug-likeness (QED) is 0.686. The highest BCUT2D eigenvalue weighted by molar-refractivity contribution is 6.07. The Morgan fingerprint density at radius 2 is 2.00 bits per heavy atom. The van der Waals surface area contributed by atoms with Crippen LogP contribution in [0, 0.1) is 6.92 Å². The van der Waals surface area contributed by atoms with Gasteiger partial charge in [-0.25, -0.2) is 0 Å². The summed E-state index contributed by atoms with van der Waals surface area (Å²) in [5.74, 6) is -0.166. The van der Waals surface area contributed by atoms with Crippen LogP contribution >= 0.6 is 0 Å². The van der Waals surface area contributed by atoms with Gasteiger partial charge in [-0.05, 0) is 31.0 Å². The minimum atomic E-state index is -0.852. The second kappa shape index (κ2) is 7.47. The number of carbonyl (C=O) groups excluding carboxylic acids is 2. The minimum Gasteiger partial charge on any atom is -0.334 e. The topological polar surface area (TPSA) is 89.2 Å². The van der Waals surface area contributed by atoms with Crippen molar-refractivity contribution in [1.29, 1.82) is 0 Å². The van der Waals surface area contributed by atoms with Crippen LogP contribution < -0.4 is 10.9 Å². The highest BCUT2D eigenvalue weighted by Gasteiger charge is 2.59. The van der Waals surface area contributed by atoms with Crippen molar-refractivity contribution in [3.63, 3.8) is 0 Å². The van der Waals surface area contributed by atoms with Gasteiger partial charge >= 0.3 is 0 Å². The molecule has 8 heteroatoms. The van der Waals surface area contributed by atoms with Gasteiger partial charge in [0.15, 0.2) is 0 Å². The molecule has 1 aromatic carbocycles. The van der Waals surface area contributed by atoms with E-state index in [-0.39, 0.29) is 23.8 Å². The fraction of sp³-hybridized carbons (Fsp3) is 0.333. The van der Waals surface area contributed by atoms with Crippen LogP contribution in [0.1, 0.15) is 35.7 Å². The third-order valence-electron chi connectivity index (χ3n) is 6.76. The van der Waals surface area contributed by atoms with Crippen LogP contribution in [-0.2, 0) is 28.6 Å². The first kappa shape index (κ1) is 20.2. The first-order chi connectivity index (χ1) is 15.4. The summed E-state index contributed by atoms with van der Waals surface area (Å²) in [6, 6.07) is 12.3. The highest BCUT2D eigenvalue weighted by Crippen LogP contribution is 2.54. The molecule has 32 heavy (non-hydrogen) atoms. The van der Waals surface area contributed by atoms with E-state index < -0.39 is 11.5 Å². The summed E-state index contributed by atoms with van der Waals surface area (Å²) in [6.07, 6.45) is 4.32. The molecule has 2 amide bonds. The highest BCUT2D eigenvalue weighted by atomic mass is 16.2. The molecule has 5 rings (SSSR count). The summed E-state index contributed by atoms with van der Waals surface area (Å²) in [7, 11) is 1.82. The van der Waals surface area contributed by atoms with Crippen LogP contribution in [0.5, 0.6) is 0 Å². The Labute approximate surface area is 185 Å². The van der Waals surface area contributed by atoms with Gasteiger partial charge in [-0.1, -0.05) is 24.3 Å². The molecule has 2 aliphatic rings. The number of nitrogens with one attached hydrogen (secondary N) is 1. The Bertz CT molecular complexity index is 1280. The molecule has 0 unspecified atom stereocenters. The third kappa shape index (κ3) is 2.97. The summed E-state index contributed by atoms with van der Waals surface area (Å²) in [5.41, 5.74) is 2.39. The van der Waals surface area contributed by atoms with Gasteiger partial charge in [-0.3, -0.25) is 19.1 Å². The molecule has 4 heterocycles. The summed E-state index contributed by atoms with van der Waals surface area (Å²) in [4.78, 5) is 40.8. The van der Waals surface area contributed by atoms with E-state index in [1.807, 2.05) is 50.5 Å². The van der Waals surface area contributed by atoms with E-state index in [4.69, 9.17) is 0 Å². The number of hydrogen-bond acceptors (Lipinski definition) is 4. The molecule has 1 saturated heterocycles. The fourth-order valence-corrected chi connectivity index (χ4v) is 5.26. The molecule has 1 N–H and O–H groups in total. The van der Waals surface area contributed by atoms with Gasteiger partial charge in [0.2, 0.25) is 11.8 Å². The SMILES string of the molecule is Cc1cccc(=O)n1CCC(=O)N1CC[C@]2(C(=O)Nc3ccccc32)[C@@H]1c1cnn(C)c1. The number of fused-ring (bicyclic) bond motifs is 2. The van der Waals surface area contributed by atoms with Crippen LogP contribution in [0.4, 0.5) is 5.69 Å². The van der Waals surface area contributed by atoms with Gasteiger partial charge in [0.05, 0.1) is 12.2 Å². The van der Waals surface area contributed by atoms with E-state index in [2.05, 4.69) is 10.4 Å². The smallest absolute Gasteiger partial charge is 0.250 e. The van der Waals surface area contributed by atoms with Gasteiger partial charge in [0, 0.05) is 55.8 Å². The molecular weight excluding hydrogens is 406 g/mol. The molecule has 164 valence electrons. The Balaban J connectivity index is 1.51. The van der Waals surface area contributed by atoms with Crippen molar-refractivity contribution in [2.45, 2.75) is 37.8 Å². The van der Waals surface area contributed by atoms with Crippen molar-refractivity contribution in [1.82, 2.24) is 19.2 Å². The van der Waals surface area contributed by atoms with Crippen molar-refractivity contribution in [2.75, 3.05) is 11.9 Å². The zero-order valence-electron chi connectivity index (χ0n) is 18.1. The number of carbonyl (C=O) groups is 2. The predicted octanol–water partition coefficient (Wildman–Crippen LogP) is 2.14. The van der Waals surface area contributed by atoms with Crippen LogP contribution in [0.15, 0.2) is 59.7 Å². The van der Waals surface area contributed by atoms with Crippen molar-refractivity contribution in [2.24, 2.45) is 7.05 Å². The lowest BCUT2D eigenvalue weighted by molar-refractivity contribution is -0.133. The first-order valence-corrected chi connectivity index (χ1v) is 10.8. The lowest BCUT2D eigenvalue weighted by Gasteiger charge is -2.33. The number of anilines is 1. The Morgan fingerprint density at radius 1 is 1.19 bits per heavy atom. The molecule has 1 spiro atoms. The maximum Gasteiger partial charge on any atom is 0.250 e. The summed E-state index contributed by atoms with van der Waals surface area (Å²) >= 11 is 0. The van der Waals surface area contributed by atoms with Gasteiger partial charge in [-0.2, -0.15) is 5.10 Å². The summed E-state index contributed by atoms with van der Waals surface area (Å²) < 4.78 is 3.30. The molecule has 0 radical (unpaired) electrons. The molecule has 0 bridgehead atoms. The van der Waals surface area contributed by atoms with E-state index in [1.54, 1.807) is 26.4 Å². The number of pyridine rings is 1. The lowest BCUT2D eigenvalue weighted by Crippen LogP contribution is -2.42. The number of aromatic nitrogens is 3. The predicted molar refractivity (Wildman–Crippen MR) is 119 cm³/mol. The fourth-order valence-electron chi connectivity index (χ4n) is 5.26. The van der Waals surface area contributed by atoms with Crippen molar-refractivity contribution in [3.05, 3.63) is 82.0 Å². The number of rotatable bonds is 4. The molecule has 2 aromatic heterocycles. The van der Waals surface area contributed by atoms with Gasteiger partial charge in [0.25, 0.3) is 5.56 Å². The molecular formula is C24H25N5O3. The average Bonchev–Trinajstić information content (AvgIpc) is 3.45. The van der Waals surface area contributed by atoms with Crippen LogP contribution in [0.2, 0.25) is 0 Å². The largest absolute Gasteiger partial charge is 0.334 e. The van der Waals surface area contributed by atoms with Crippen molar-refractivity contribution in [3.8, 4) is 0 Å². The molecule has 1 fully saturated rings. The number of nitrogens with zero attached hydrogens (tertiary/aromatic N) is 4. The molecule has 0 saturated carbocycles. The third-order valence-corrected chi connectivity index (χ3v) is 6.76. The Morgan fingerprint density at radius 3 is 2.75 bits per heavy atom. The number of amides is 2.